The van der Waals surface area contributed by atoms with Crippen molar-refractivity contribution in [1.82, 2.24) is 9.97 Å². The Morgan fingerprint density at radius 2 is 2.31 bits per heavy atom. The smallest absolute Gasteiger partial charge is 0.299 e. The van der Waals surface area contributed by atoms with E-state index < -0.39 is 0 Å². The third-order valence-corrected chi connectivity index (χ3v) is 1.53. The van der Waals surface area contributed by atoms with Crippen LogP contribution in [0.1, 0.15) is 0 Å². The predicted molar refractivity (Wildman–Crippen MR) is 48.4 cm³/mol. The Kier molecular flexibility index (Phi) is 1.84. The topological polar surface area (TPSA) is 77.0 Å². The normalized spacial score (nSPS) is 9.85. The third kappa shape index (κ3) is 1.58. The Morgan fingerprint density at radius 3 is 3.00 bits per heavy atom. The minimum absolute atomic E-state index is 0.415. The summed E-state index contributed by atoms with van der Waals surface area (Å²) in [7, 11) is 0. The lowest BCUT2D eigenvalue weighted by molar-refractivity contribution is 0.578. The lowest BCUT2D eigenvalue weighted by Gasteiger charge is -2.03. The van der Waals surface area contributed by atoms with E-state index in [0.29, 0.717) is 11.7 Å². The van der Waals surface area contributed by atoms with Gasteiger partial charge in [-0.05, 0) is 6.07 Å². The summed E-state index contributed by atoms with van der Waals surface area (Å²) in [6.07, 6.45) is 6.24. The summed E-state index contributed by atoms with van der Waals surface area (Å²) in [6, 6.07) is 2.16. The molecule has 0 saturated heterocycles. The van der Waals surface area contributed by atoms with E-state index >= 15 is 0 Å². The van der Waals surface area contributed by atoms with E-state index in [1.165, 1.54) is 6.26 Å². The maximum atomic E-state index is 5.64. The van der Waals surface area contributed by atoms with Crippen LogP contribution >= 0.6 is 0 Å². The molecule has 0 aliphatic heterocycles. The zero-order chi connectivity index (χ0) is 9.10. The monoisotopic (exact) mass is 176 g/mol. The minimum atomic E-state index is 0.415. The van der Waals surface area contributed by atoms with Crippen LogP contribution in [0, 0.1) is 0 Å². The van der Waals surface area contributed by atoms with E-state index in [-0.39, 0.29) is 0 Å². The molecular weight excluding hydrogens is 168 g/mol. The van der Waals surface area contributed by atoms with E-state index in [4.69, 9.17) is 10.2 Å². The van der Waals surface area contributed by atoms with Gasteiger partial charge in [-0.25, -0.2) is 4.98 Å². The summed E-state index contributed by atoms with van der Waals surface area (Å²) in [5.41, 5.74) is 6.93. The Morgan fingerprint density at radius 1 is 1.38 bits per heavy atom. The molecule has 2 aromatic heterocycles. The molecular formula is C8H8N4O. The fraction of sp³-hybridized carbons (Fsp3) is 0. The van der Waals surface area contributed by atoms with Crippen LogP contribution in [0.3, 0.4) is 0 Å². The molecule has 0 saturated carbocycles. The second kappa shape index (κ2) is 3.14. The first-order valence-corrected chi connectivity index (χ1v) is 3.72. The van der Waals surface area contributed by atoms with E-state index in [9.17, 15) is 0 Å². The zero-order valence-corrected chi connectivity index (χ0v) is 6.77. The van der Waals surface area contributed by atoms with Gasteiger partial charge in [-0.3, -0.25) is 4.98 Å². The van der Waals surface area contributed by atoms with Crippen LogP contribution in [0.4, 0.5) is 17.4 Å². The molecule has 0 aromatic carbocycles. The van der Waals surface area contributed by atoms with Crippen LogP contribution in [0.2, 0.25) is 0 Å². The van der Waals surface area contributed by atoms with Gasteiger partial charge >= 0.3 is 0 Å². The molecule has 0 radical (unpaired) electrons. The number of nitrogen functional groups attached to an aromatic ring is 1. The second-order valence-electron chi connectivity index (χ2n) is 2.43. The van der Waals surface area contributed by atoms with E-state index in [1.54, 1.807) is 24.7 Å². The third-order valence-electron chi connectivity index (χ3n) is 1.53. The number of hydrogen-bond acceptors (Lipinski definition) is 5. The fourth-order valence-electron chi connectivity index (χ4n) is 0.921. The van der Waals surface area contributed by atoms with Crippen molar-refractivity contribution in [2.45, 2.75) is 0 Å². The fourth-order valence-corrected chi connectivity index (χ4v) is 0.921. The van der Waals surface area contributed by atoms with Gasteiger partial charge in [0.15, 0.2) is 0 Å². The molecule has 0 unspecified atom stereocenters. The average Bonchev–Trinajstić information content (AvgIpc) is 2.61. The van der Waals surface area contributed by atoms with Gasteiger partial charge in [0.1, 0.15) is 6.26 Å². The molecule has 0 bridgehead atoms. The number of nitrogens with one attached hydrogen (secondary N) is 1. The number of anilines is 3. The van der Waals surface area contributed by atoms with Crippen molar-refractivity contribution >= 4 is 17.4 Å². The van der Waals surface area contributed by atoms with Crippen molar-refractivity contribution < 1.29 is 4.42 Å². The van der Waals surface area contributed by atoms with E-state index in [2.05, 4.69) is 15.3 Å². The molecule has 66 valence electrons. The Labute approximate surface area is 74.6 Å². The summed E-state index contributed by atoms with van der Waals surface area (Å²) in [5.74, 6) is 0. The Bertz CT molecular complexity index is 385. The summed E-state index contributed by atoms with van der Waals surface area (Å²) < 4.78 is 4.99. The van der Waals surface area contributed by atoms with Gasteiger partial charge in [-0.15, -0.1) is 0 Å². The molecule has 0 fully saturated rings. The number of nitrogens with zero attached hydrogens (tertiary/aromatic N) is 2. The number of hydrogen-bond donors (Lipinski definition) is 2. The molecule has 0 aliphatic carbocycles. The maximum absolute atomic E-state index is 5.64. The molecule has 0 spiro atoms. The molecule has 2 aromatic rings. The first-order chi connectivity index (χ1) is 6.36. The zero-order valence-electron chi connectivity index (χ0n) is 6.77. The average molecular weight is 176 g/mol. The van der Waals surface area contributed by atoms with Crippen LogP contribution in [0.5, 0.6) is 0 Å². The molecule has 2 heterocycles. The van der Waals surface area contributed by atoms with Crippen molar-refractivity contribution in [3.63, 3.8) is 0 Å². The number of oxazole rings is 1. The molecule has 0 aliphatic rings. The SMILES string of the molecule is Nc1cnccc1Nc1ncco1. The molecule has 0 atom stereocenters. The number of aromatic nitrogens is 2. The van der Waals surface area contributed by atoms with Crippen molar-refractivity contribution in [3.05, 3.63) is 30.9 Å². The highest BCUT2D eigenvalue weighted by atomic mass is 16.4. The van der Waals surface area contributed by atoms with Crippen LogP contribution in [-0.4, -0.2) is 9.97 Å². The van der Waals surface area contributed by atoms with Crippen LogP contribution in [0.15, 0.2) is 35.3 Å². The predicted octanol–water partition coefficient (Wildman–Crippen LogP) is 1.40. The maximum Gasteiger partial charge on any atom is 0.299 e. The molecule has 2 rings (SSSR count). The van der Waals surface area contributed by atoms with Crippen LogP contribution < -0.4 is 11.1 Å². The van der Waals surface area contributed by atoms with Crippen LogP contribution in [-0.2, 0) is 0 Å². The minimum Gasteiger partial charge on any atom is -0.432 e. The van der Waals surface area contributed by atoms with Gasteiger partial charge in [-0.2, -0.15) is 0 Å². The molecule has 5 heteroatoms. The molecule has 13 heavy (non-hydrogen) atoms. The highest BCUT2D eigenvalue weighted by molar-refractivity contribution is 5.68. The van der Waals surface area contributed by atoms with Gasteiger partial charge in [0.2, 0.25) is 0 Å². The summed E-state index contributed by atoms with van der Waals surface area (Å²) in [5, 5.41) is 2.91. The lowest BCUT2D eigenvalue weighted by atomic mass is 10.3. The Balaban J connectivity index is 2.24. The van der Waals surface area contributed by atoms with Crippen molar-refractivity contribution in [3.8, 4) is 0 Å². The van der Waals surface area contributed by atoms with Crippen LogP contribution in [0.25, 0.3) is 0 Å². The van der Waals surface area contributed by atoms with Gasteiger partial charge in [0.25, 0.3) is 6.01 Å². The van der Waals surface area contributed by atoms with Gasteiger partial charge in [0, 0.05) is 6.20 Å². The largest absolute Gasteiger partial charge is 0.432 e. The first kappa shape index (κ1) is 7.60. The van der Waals surface area contributed by atoms with E-state index in [0.717, 1.165) is 5.69 Å². The van der Waals surface area contributed by atoms with Crippen molar-refractivity contribution in [2.75, 3.05) is 11.1 Å². The highest BCUT2D eigenvalue weighted by Gasteiger charge is 2.00. The summed E-state index contributed by atoms with van der Waals surface area (Å²) >= 11 is 0. The highest BCUT2D eigenvalue weighted by Crippen LogP contribution is 2.19. The van der Waals surface area contributed by atoms with Gasteiger partial charge in [-0.1, -0.05) is 0 Å². The second-order valence-corrected chi connectivity index (χ2v) is 2.43. The number of rotatable bonds is 2. The lowest BCUT2D eigenvalue weighted by Crippen LogP contribution is -1.96. The molecule has 0 amide bonds. The summed E-state index contributed by atoms with van der Waals surface area (Å²) in [6.45, 7) is 0. The first-order valence-electron chi connectivity index (χ1n) is 3.72. The number of nitrogens with two attached hydrogens (primary N) is 1. The molecule has 5 nitrogen and oxygen atoms in total. The van der Waals surface area contributed by atoms with Gasteiger partial charge < -0.3 is 15.5 Å². The number of pyridine rings is 1. The quantitative estimate of drug-likeness (QED) is 0.723. The van der Waals surface area contributed by atoms with Gasteiger partial charge in [0.05, 0.1) is 23.8 Å². The standard InChI is InChI=1S/C8H8N4O/c9-6-5-10-2-1-7(6)12-8-11-3-4-13-8/h1-5H,9H2,(H,10,11,12). The van der Waals surface area contributed by atoms with E-state index in [1.807, 2.05) is 0 Å². The van der Waals surface area contributed by atoms with Crippen molar-refractivity contribution in [2.24, 2.45) is 0 Å². The van der Waals surface area contributed by atoms with Crippen molar-refractivity contribution in [1.29, 1.82) is 0 Å². The Hall–Kier alpha value is -2.04. The summed E-state index contributed by atoms with van der Waals surface area (Å²) in [4.78, 5) is 7.76. The molecule has 3 N–H and O–H groups in total.